The number of benzene rings is 2. The maximum absolute atomic E-state index is 13.4. The first kappa shape index (κ1) is 18.0. The summed E-state index contributed by atoms with van der Waals surface area (Å²) in [5.41, 5.74) is 3.00. The average Bonchev–Trinajstić information content (AvgIpc) is 3.30. The van der Waals surface area contributed by atoms with Gasteiger partial charge in [-0.25, -0.2) is 4.39 Å². The highest BCUT2D eigenvalue weighted by Crippen LogP contribution is 2.31. The molecule has 6 heteroatoms. The van der Waals surface area contributed by atoms with Crippen LogP contribution in [0.15, 0.2) is 42.6 Å². The summed E-state index contributed by atoms with van der Waals surface area (Å²) in [4.78, 5) is 17.8. The number of H-pyrrole nitrogens is 1. The van der Waals surface area contributed by atoms with Crippen LogP contribution in [0, 0.1) is 5.82 Å². The Kier molecular flexibility index (Phi) is 5.14. The molecule has 2 N–H and O–H groups in total. The summed E-state index contributed by atoms with van der Waals surface area (Å²) in [7, 11) is 0. The fourth-order valence-corrected chi connectivity index (χ4v) is 3.90. The van der Waals surface area contributed by atoms with Gasteiger partial charge in [-0.3, -0.25) is 4.79 Å². The third-order valence-electron chi connectivity index (χ3n) is 5.08. The molecular weight excluding hydrogens is 365 g/mol. The number of hydrogen-bond donors (Lipinski definition) is 2. The maximum atomic E-state index is 13.4. The Morgan fingerprint density at radius 1 is 1.19 bits per heavy atom. The van der Waals surface area contributed by atoms with Crippen LogP contribution in [0.25, 0.3) is 22.0 Å². The van der Waals surface area contributed by atoms with Crippen LogP contribution in [0.1, 0.15) is 23.2 Å². The first-order chi connectivity index (χ1) is 13.1. The summed E-state index contributed by atoms with van der Waals surface area (Å²) in [6, 6.07) is 10.0. The zero-order valence-electron chi connectivity index (χ0n) is 14.9. The molecule has 2 aromatic carbocycles. The lowest BCUT2D eigenvalue weighted by molar-refractivity contribution is 0.0950. The van der Waals surface area contributed by atoms with Crippen LogP contribution in [0.4, 0.5) is 4.39 Å². The van der Waals surface area contributed by atoms with Gasteiger partial charge in [0, 0.05) is 35.8 Å². The number of nitrogens with zero attached hydrogens (tertiary/aromatic N) is 1. The Morgan fingerprint density at radius 2 is 2.00 bits per heavy atom. The van der Waals surface area contributed by atoms with E-state index in [1.165, 1.54) is 25.0 Å². The summed E-state index contributed by atoms with van der Waals surface area (Å²) in [5.74, 6) is -0.443. The van der Waals surface area contributed by atoms with Crippen LogP contribution in [0.2, 0.25) is 5.02 Å². The number of halogens is 2. The third-order valence-corrected chi connectivity index (χ3v) is 5.39. The van der Waals surface area contributed by atoms with Crippen molar-refractivity contribution in [3.63, 3.8) is 0 Å². The molecule has 1 aliphatic heterocycles. The number of aromatic amines is 1. The number of carbonyl (C=O) groups is 1. The molecule has 1 fully saturated rings. The average molecular weight is 386 g/mol. The minimum absolute atomic E-state index is 0.160. The first-order valence-electron chi connectivity index (χ1n) is 9.19. The van der Waals surface area contributed by atoms with E-state index < -0.39 is 0 Å². The molecule has 1 amide bonds. The van der Waals surface area contributed by atoms with Gasteiger partial charge in [0.05, 0.1) is 10.6 Å². The molecule has 140 valence electrons. The zero-order chi connectivity index (χ0) is 18.8. The number of rotatable bonds is 5. The molecule has 0 atom stereocenters. The summed E-state index contributed by atoms with van der Waals surface area (Å²) in [5, 5.41) is 4.26. The fraction of sp³-hybridized carbons (Fsp3) is 0.286. The quantitative estimate of drug-likeness (QED) is 0.681. The van der Waals surface area contributed by atoms with Crippen LogP contribution >= 0.6 is 11.6 Å². The highest BCUT2D eigenvalue weighted by molar-refractivity contribution is 6.34. The molecule has 27 heavy (non-hydrogen) atoms. The lowest BCUT2D eigenvalue weighted by atomic mass is 10.0. The molecular formula is C21H21ClFN3O. The zero-order valence-corrected chi connectivity index (χ0v) is 15.7. The lowest BCUT2D eigenvalue weighted by Gasteiger charge is -2.15. The van der Waals surface area contributed by atoms with Crippen LogP contribution < -0.4 is 5.32 Å². The smallest absolute Gasteiger partial charge is 0.252 e. The second kappa shape index (κ2) is 7.71. The summed E-state index contributed by atoms with van der Waals surface area (Å²) in [6.07, 6.45) is 4.30. The van der Waals surface area contributed by atoms with Gasteiger partial charge in [-0.1, -0.05) is 17.7 Å². The molecule has 0 saturated carbocycles. The van der Waals surface area contributed by atoms with Crippen molar-refractivity contribution in [2.45, 2.75) is 12.8 Å². The van der Waals surface area contributed by atoms with Gasteiger partial charge in [-0.2, -0.15) is 0 Å². The maximum Gasteiger partial charge on any atom is 0.252 e. The summed E-state index contributed by atoms with van der Waals surface area (Å²) >= 11 is 6.38. The molecule has 3 aromatic rings. The SMILES string of the molecule is O=C(NCCN1CCCC1)c1ccc(-c2c[nH]c3cc(F)ccc23)cc1Cl. The van der Waals surface area contributed by atoms with Crippen molar-refractivity contribution in [1.82, 2.24) is 15.2 Å². The monoisotopic (exact) mass is 385 g/mol. The molecule has 0 aliphatic carbocycles. The van der Waals surface area contributed by atoms with Crippen LogP contribution in [0.3, 0.4) is 0 Å². The Bertz CT molecular complexity index is 979. The second-order valence-corrected chi connectivity index (χ2v) is 7.30. The lowest BCUT2D eigenvalue weighted by Crippen LogP contribution is -2.33. The van der Waals surface area contributed by atoms with Gasteiger partial charge in [0.1, 0.15) is 5.82 Å². The third kappa shape index (κ3) is 3.84. The molecule has 1 aromatic heterocycles. The van der Waals surface area contributed by atoms with Crippen molar-refractivity contribution in [1.29, 1.82) is 0 Å². The van der Waals surface area contributed by atoms with Gasteiger partial charge in [-0.15, -0.1) is 0 Å². The number of hydrogen-bond acceptors (Lipinski definition) is 2. The van der Waals surface area contributed by atoms with Crippen molar-refractivity contribution < 1.29 is 9.18 Å². The molecule has 0 radical (unpaired) electrons. The first-order valence-corrected chi connectivity index (χ1v) is 9.57. The van der Waals surface area contributed by atoms with E-state index >= 15 is 0 Å². The van der Waals surface area contributed by atoms with E-state index in [1.807, 2.05) is 12.3 Å². The Balaban J connectivity index is 1.49. The van der Waals surface area contributed by atoms with Crippen molar-refractivity contribution in [2.24, 2.45) is 0 Å². The Morgan fingerprint density at radius 3 is 2.78 bits per heavy atom. The predicted octanol–water partition coefficient (Wildman–Crippen LogP) is 4.45. The standard InChI is InChI=1S/C21H21ClFN3O/c22-19-11-14(18-13-25-20-12-15(23)4-6-16(18)20)3-5-17(19)21(27)24-7-10-26-8-1-2-9-26/h3-6,11-13,25H,1-2,7-10H2,(H,24,27). The number of amides is 1. The van der Waals surface area contributed by atoms with E-state index in [9.17, 15) is 9.18 Å². The molecule has 0 unspecified atom stereocenters. The van der Waals surface area contributed by atoms with Crippen LogP contribution in [-0.4, -0.2) is 42.0 Å². The van der Waals surface area contributed by atoms with E-state index in [-0.39, 0.29) is 11.7 Å². The summed E-state index contributed by atoms with van der Waals surface area (Å²) < 4.78 is 13.4. The Labute approximate surface area is 162 Å². The van der Waals surface area contributed by atoms with Crippen molar-refractivity contribution >= 4 is 28.4 Å². The second-order valence-electron chi connectivity index (χ2n) is 6.89. The molecule has 2 heterocycles. The van der Waals surface area contributed by atoms with E-state index in [0.717, 1.165) is 41.7 Å². The van der Waals surface area contributed by atoms with E-state index in [4.69, 9.17) is 11.6 Å². The number of carbonyl (C=O) groups excluding carboxylic acids is 1. The normalized spacial score (nSPS) is 14.7. The molecule has 1 aliphatic rings. The van der Waals surface area contributed by atoms with Crippen molar-refractivity contribution in [3.05, 3.63) is 59.0 Å². The minimum Gasteiger partial charge on any atom is -0.360 e. The van der Waals surface area contributed by atoms with Crippen molar-refractivity contribution in [2.75, 3.05) is 26.2 Å². The number of aromatic nitrogens is 1. The molecule has 4 nitrogen and oxygen atoms in total. The molecule has 0 bridgehead atoms. The number of fused-ring (bicyclic) bond motifs is 1. The van der Waals surface area contributed by atoms with Gasteiger partial charge >= 0.3 is 0 Å². The molecule has 1 saturated heterocycles. The Hall–Kier alpha value is -2.37. The van der Waals surface area contributed by atoms with Gasteiger partial charge in [0.2, 0.25) is 0 Å². The molecule has 4 rings (SSSR count). The fourth-order valence-electron chi connectivity index (χ4n) is 3.63. The minimum atomic E-state index is -0.283. The van der Waals surface area contributed by atoms with E-state index in [0.29, 0.717) is 17.1 Å². The van der Waals surface area contributed by atoms with E-state index in [2.05, 4.69) is 15.2 Å². The topological polar surface area (TPSA) is 48.1 Å². The van der Waals surface area contributed by atoms with Crippen LogP contribution in [0.5, 0.6) is 0 Å². The number of likely N-dealkylation sites (tertiary alicyclic amines) is 1. The highest BCUT2D eigenvalue weighted by Gasteiger charge is 2.15. The highest BCUT2D eigenvalue weighted by atomic mass is 35.5. The molecule has 0 spiro atoms. The largest absolute Gasteiger partial charge is 0.360 e. The van der Waals surface area contributed by atoms with Gasteiger partial charge in [0.15, 0.2) is 0 Å². The predicted molar refractivity (Wildman–Crippen MR) is 107 cm³/mol. The van der Waals surface area contributed by atoms with Crippen molar-refractivity contribution in [3.8, 4) is 11.1 Å². The van der Waals surface area contributed by atoms with Gasteiger partial charge in [0.25, 0.3) is 5.91 Å². The number of nitrogens with one attached hydrogen (secondary N) is 2. The van der Waals surface area contributed by atoms with Gasteiger partial charge < -0.3 is 15.2 Å². The van der Waals surface area contributed by atoms with Gasteiger partial charge in [-0.05, 0) is 61.8 Å². The van der Waals surface area contributed by atoms with Crippen LogP contribution in [-0.2, 0) is 0 Å². The summed E-state index contributed by atoms with van der Waals surface area (Å²) in [6.45, 7) is 3.71. The van der Waals surface area contributed by atoms with E-state index in [1.54, 1.807) is 18.2 Å².